The average molecular weight is 321 g/mol. The maximum absolute atomic E-state index is 14.0. The number of methoxy groups -OCH3 is 1. The summed E-state index contributed by atoms with van der Waals surface area (Å²) >= 11 is 0. The number of hydrogen-bond donors (Lipinski definition) is 1. The van der Waals surface area contributed by atoms with Crippen LogP contribution in [0.3, 0.4) is 0 Å². The summed E-state index contributed by atoms with van der Waals surface area (Å²) in [5.74, 6) is -1.30. The quantitative estimate of drug-likeness (QED) is 0.798. The number of halogens is 2. The maximum atomic E-state index is 14.0. The summed E-state index contributed by atoms with van der Waals surface area (Å²) in [5, 5.41) is 2.54. The van der Waals surface area contributed by atoms with Crippen LogP contribution in [0, 0.1) is 11.6 Å². The Morgan fingerprint density at radius 3 is 2.70 bits per heavy atom. The molecule has 2 rings (SSSR count). The number of hydrogen-bond acceptors (Lipinski definition) is 3. The Balaban J connectivity index is 1.97. The monoisotopic (exact) mass is 321 g/mol. The summed E-state index contributed by atoms with van der Waals surface area (Å²) in [4.78, 5) is 11.8. The van der Waals surface area contributed by atoms with Crippen molar-refractivity contribution in [3.63, 3.8) is 0 Å². The lowest BCUT2D eigenvalue weighted by Crippen LogP contribution is -2.27. The second-order valence-electron chi connectivity index (χ2n) is 4.81. The molecule has 0 bridgehead atoms. The number of benzene rings is 2. The highest BCUT2D eigenvalue weighted by Gasteiger charge is 2.12. The van der Waals surface area contributed by atoms with E-state index in [9.17, 15) is 13.6 Å². The molecule has 23 heavy (non-hydrogen) atoms. The van der Waals surface area contributed by atoms with Gasteiger partial charge in [-0.25, -0.2) is 8.78 Å². The SMILES string of the molecule is COCCNC(=O)c1ccc(OCc2cccc(F)c2)cc1F. The van der Waals surface area contributed by atoms with E-state index in [-0.39, 0.29) is 23.7 Å². The van der Waals surface area contributed by atoms with Gasteiger partial charge in [-0.05, 0) is 29.8 Å². The molecule has 0 fully saturated rings. The first-order chi connectivity index (χ1) is 11.1. The maximum Gasteiger partial charge on any atom is 0.254 e. The van der Waals surface area contributed by atoms with Crippen LogP contribution in [0.2, 0.25) is 0 Å². The molecule has 0 heterocycles. The van der Waals surface area contributed by atoms with Gasteiger partial charge in [0.2, 0.25) is 0 Å². The van der Waals surface area contributed by atoms with E-state index in [0.717, 1.165) is 6.07 Å². The fourth-order valence-corrected chi connectivity index (χ4v) is 1.93. The van der Waals surface area contributed by atoms with E-state index >= 15 is 0 Å². The molecule has 4 nitrogen and oxygen atoms in total. The highest BCUT2D eigenvalue weighted by atomic mass is 19.1. The zero-order valence-corrected chi connectivity index (χ0v) is 12.6. The molecule has 122 valence electrons. The Morgan fingerprint density at radius 1 is 1.17 bits per heavy atom. The molecule has 0 aliphatic carbocycles. The Labute approximate surface area is 133 Å². The van der Waals surface area contributed by atoms with Gasteiger partial charge in [-0.3, -0.25) is 4.79 Å². The van der Waals surface area contributed by atoms with Gasteiger partial charge in [0.25, 0.3) is 5.91 Å². The van der Waals surface area contributed by atoms with Crippen molar-refractivity contribution in [2.75, 3.05) is 20.3 Å². The third-order valence-corrected chi connectivity index (χ3v) is 3.07. The van der Waals surface area contributed by atoms with Crippen molar-refractivity contribution in [1.82, 2.24) is 5.32 Å². The normalized spacial score (nSPS) is 10.4. The molecular formula is C17H17F2NO3. The van der Waals surface area contributed by atoms with Crippen molar-refractivity contribution >= 4 is 5.91 Å². The topological polar surface area (TPSA) is 47.6 Å². The molecule has 0 saturated carbocycles. The van der Waals surface area contributed by atoms with Gasteiger partial charge >= 0.3 is 0 Å². The van der Waals surface area contributed by atoms with Gasteiger partial charge < -0.3 is 14.8 Å². The molecule has 0 atom stereocenters. The van der Waals surface area contributed by atoms with E-state index < -0.39 is 11.7 Å². The van der Waals surface area contributed by atoms with E-state index in [2.05, 4.69) is 5.32 Å². The number of carbonyl (C=O) groups excluding carboxylic acids is 1. The van der Waals surface area contributed by atoms with E-state index in [1.54, 1.807) is 12.1 Å². The predicted molar refractivity (Wildman–Crippen MR) is 81.3 cm³/mol. The molecule has 1 amide bonds. The van der Waals surface area contributed by atoms with E-state index in [1.165, 1.54) is 31.4 Å². The van der Waals surface area contributed by atoms with Gasteiger partial charge in [0.15, 0.2) is 0 Å². The van der Waals surface area contributed by atoms with Crippen molar-refractivity contribution < 1.29 is 23.0 Å². The predicted octanol–water partition coefficient (Wildman–Crippen LogP) is 2.92. The zero-order chi connectivity index (χ0) is 16.7. The van der Waals surface area contributed by atoms with Gasteiger partial charge in [-0.15, -0.1) is 0 Å². The number of rotatable bonds is 7. The largest absolute Gasteiger partial charge is 0.489 e. The molecule has 2 aromatic carbocycles. The molecule has 6 heteroatoms. The second-order valence-corrected chi connectivity index (χ2v) is 4.81. The van der Waals surface area contributed by atoms with E-state index in [1.807, 2.05) is 0 Å². The molecule has 2 aromatic rings. The van der Waals surface area contributed by atoms with Gasteiger partial charge in [0.1, 0.15) is 24.0 Å². The van der Waals surface area contributed by atoms with Crippen LogP contribution in [-0.2, 0) is 11.3 Å². The summed E-state index contributed by atoms with van der Waals surface area (Å²) < 4.78 is 37.2. The third kappa shape index (κ3) is 5.03. The lowest BCUT2D eigenvalue weighted by atomic mass is 10.2. The van der Waals surface area contributed by atoms with Crippen molar-refractivity contribution in [2.45, 2.75) is 6.61 Å². The molecule has 0 saturated heterocycles. The first-order valence-corrected chi connectivity index (χ1v) is 7.04. The van der Waals surface area contributed by atoms with Gasteiger partial charge in [-0.1, -0.05) is 12.1 Å². The fourth-order valence-electron chi connectivity index (χ4n) is 1.93. The molecule has 0 unspecified atom stereocenters. The Morgan fingerprint density at radius 2 is 2.00 bits per heavy atom. The molecule has 0 radical (unpaired) electrons. The van der Waals surface area contributed by atoms with Crippen molar-refractivity contribution in [3.05, 3.63) is 65.2 Å². The Hall–Kier alpha value is -2.47. The van der Waals surface area contributed by atoms with Crippen LogP contribution in [-0.4, -0.2) is 26.2 Å². The second kappa shape index (κ2) is 8.24. The van der Waals surface area contributed by atoms with Gasteiger partial charge in [0, 0.05) is 19.7 Å². The summed E-state index contributed by atoms with van der Waals surface area (Å²) in [7, 11) is 1.51. The average Bonchev–Trinajstić information content (AvgIpc) is 2.53. The minimum Gasteiger partial charge on any atom is -0.489 e. The molecule has 1 N–H and O–H groups in total. The standard InChI is InChI=1S/C17H17F2NO3/c1-22-8-7-20-17(21)15-6-5-14(10-16(15)19)23-11-12-3-2-4-13(18)9-12/h2-6,9-10H,7-8,11H2,1H3,(H,20,21). The Kier molecular flexibility index (Phi) is 6.05. The summed E-state index contributed by atoms with van der Waals surface area (Å²) in [6.07, 6.45) is 0. The summed E-state index contributed by atoms with van der Waals surface area (Å²) in [6, 6.07) is 9.92. The number of ether oxygens (including phenoxy) is 2. The minimum absolute atomic E-state index is 0.0702. The first kappa shape index (κ1) is 16.9. The summed E-state index contributed by atoms with van der Waals surface area (Å²) in [5.41, 5.74) is 0.561. The lowest BCUT2D eigenvalue weighted by Gasteiger charge is -2.09. The van der Waals surface area contributed by atoms with Gasteiger partial charge in [-0.2, -0.15) is 0 Å². The van der Waals surface area contributed by atoms with E-state index in [4.69, 9.17) is 9.47 Å². The van der Waals surface area contributed by atoms with Crippen LogP contribution in [0.1, 0.15) is 15.9 Å². The molecule has 0 aliphatic rings. The van der Waals surface area contributed by atoms with Crippen LogP contribution < -0.4 is 10.1 Å². The molecule has 0 spiro atoms. The van der Waals surface area contributed by atoms with Crippen molar-refractivity contribution in [3.8, 4) is 5.75 Å². The molecule has 0 aromatic heterocycles. The third-order valence-electron chi connectivity index (χ3n) is 3.07. The number of carbonyl (C=O) groups is 1. The minimum atomic E-state index is -0.684. The molecule has 0 aliphatic heterocycles. The van der Waals surface area contributed by atoms with Crippen LogP contribution in [0.25, 0.3) is 0 Å². The highest BCUT2D eigenvalue weighted by Crippen LogP contribution is 2.18. The van der Waals surface area contributed by atoms with Crippen LogP contribution in [0.5, 0.6) is 5.75 Å². The van der Waals surface area contributed by atoms with Crippen molar-refractivity contribution in [1.29, 1.82) is 0 Å². The smallest absolute Gasteiger partial charge is 0.254 e. The number of nitrogens with one attached hydrogen (secondary N) is 1. The molecular weight excluding hydrogens is 304 g/mol. The van der Waals surface area contributed by atoms with Crippen molar-refractivity contribution in [2.24, 2.45) is 0 Å². The van der Waals surface area contributed by atoms with Crippen LogP contribution in [0.4, 0.5) is 8.78 Å². The first-order valence-electron chi connectivity index (χ1n) is 7.04. The highest BCUT2D eigenvalue weighted by molar-refractivity contribution is 5.94. The lowest BCUT2D eigenvalue weighted by molar-refractivity contribution is 0.0933. The van der Waals surface area contributed by atoms with E-state index in [0.29, 0.717) is 18.7 Å². The Bertz CT molecular complexity index is 677. The fraction of sp³-hybridized carbons (Fsp3) is 0.235. The van der Waals surface area contributed by atoms with Crippen LogP contribution in [0.15, 0.2) is 42.5 Å². The number of amides is 1. The van der Waals surface area contributed by atoms with Gasteiger partial charge in [0.05, 0.1) is 12.2 Å². The zero-order valence-electron chi connectivity index (χ0n) is 12.6. The van der Waals surface area contributed by atoms with Crippen LogP contribution >= 0.6 is 0 Å². The summed E-state index contributed by atoms with van der Waals surface area (Å²) in [6.45, 7) is 0.755.